The Morgan fingerprint density at radius 3 is 2.81 bits per heavy atom. The molecule has 0 fully saturated rings. The minimum Gasteiger partial charge on any atom is -0.450 e. The normalized spacial score (nSPS) is 10.7. The Kier molecular flexibility index (Phi) is 5.62. The maximum atomic E-state index is 12.0. The standard InChI is InChI=1S/C19H18N4O3S/c1-3-12-9-17(27-11-16(24)22-19(25)26-4-2)23-15-8-6-5-7-14(15)21-18(23)13(12)10-20/h5-9H,3-4,11H2,1-2H3,(H,22,24,25). The maximum Gasteiger partial charge on any atom is 0.413 e. The van der Waals surface area contributed by atoms with E-state index in [0.29, 0.717) is 17.6 Å². The number of rotatable bonds is 5. The zero-order valence-electron chi connectivity index (χ0n) is 15.0. The number of benzene rings is 1. The number of imidazole rings is 1. The van der Waals surface area contributed by atoms with E-state index in [1.807, 2.05) is 41.7 Å². The molecule has 2 aromatic heterocycles. The number of alkyl carbamates (subject to hydrolysis) is 1. The summed E-state index contributed by atoms with van der Waals surface area (Å²) < 4.78 is 6.60. The van der Waals surface area contributed by atoms with Crippen LogP contribution in [0.4, 0.5) is 4.79 Å². The van der Waals surface area contributed by atoms with Crippen molar-refractivity contribution in [2.45, 2.75) is 25.3 Å². The first-order chi connectivity index (χ1) is 13.1. The van der Waals surface area contributed by atoms with Gasteiger partial charge < -0.3 is 4.74 Å². The molecule has 0 bridgehead atoms. The van der Waals surface area contributed by atoms with Crippen molar-refractivity contribution in [3.05, 3.63) is 41.5 Å². The predicted molar refractivity (Wildman–Crippen MR) is 103 cm³/mol. The smallest absolute Gasteiger partial charge is 0.413 e. The third-order valence-electron chi connectivity index (χ3n) is 3.98. The number of carbonyl (C=O) groups is 2. The van der Waals surface area contributed by atoms with Crippen LogP contribution in [0.5, 0.6) is 0 Å². The van der Waals surface area contributed by atoms with E-state index < -0.39 is 12.0 Å². The van der Waals surface area contributed by atoms with Crippen molar-refractivity contribution in [3.63, 3.8) is 0 Å². The number of aromatic nitrogens is 2. The van der Waals surface area contributed by atoms with Gasteiger partial charge >= 0.3 is 6.09 Å². The number of amides is 2. The number of ether oxygens (including phenoxy) is 1. The summed E-state index contributed by atoms with van der Waals surface area (Å²) in [7, 11) is 0. The Bertz CT molecular complexity index is 1070. The van der Waals surface area contributed by atoms with E-state index in [-0.39, 0.29) is 12.4 Å². The fourth-order valence-corrected chi connectivity index (χ4v) is 3.70. The van der Waals surface area contributed by atoms with Crippen molar-refractivity contribution in [1.82, 2.24) is 14.7 Å². The van der Waals surface area contributed by atoms with Crippen LogP contribution in [0.3, 0.4) is 0 Å². The number of nitriles is 1. The molecule has 3 aromatic rings. The second-order valence-corrected chi connectivity index (χ2v) is 6.66. The highest BCUT2D eigenvalue weighted by atomic mass is 32.2. The lowest BCUT2D eigenvalue weighted by Gasteiger charge is -2.11. The molecule has 8 heteroatoms. The van der Waals surface area contributed by atoms with Crippen LogP contribution in [0, 0.1) is 11.3 Å². The molecule has 0 saturated heterocycles. The van der Waals surface area contributed by atoms with Gasteiger partial charge in [0.1, 0.15) is 6.07 Å². The molecule has 7 nitrogen and oxygen atoms in total. The monoisotopic (exact) mass is 382 g/mol. The van der Waals surface area contributed by atoms with Crippen molar-refractivity contribution < 1.29 is 14.3 Å². The highest BCUT2D eigenvalue weighted by molar-refractivity contribution is 7.99. The minimum absolute atomic E-state index is 0.0372. The summed E-state index contributed by atoms with van der Waals surface area (Å²) in [6.07, 6.45) is -0.0824. The van der Waals surface area contributed by atoms with Gasteiger partial charge in [-0.1, -0.05) is 30.8 Å². The lowest BCUT2D eigenvalue weighted by molar-refractivity contribution is -0.117. The number of imide groups is 1. The van der Waals surface area contributed by atoms with E-state index in [2.05, 4.69) is 16.4 Å². The second-order valence-electron chi connectivity index (χ2n) is 5.67. The number of nitrogens with zero attached hydrogens (tertiary/aromatic N) is 3. The van der Waals surface area contributed by atoms with Gasteiger partial charge in [0.15, 0.2) is 5.65 Å². The quantitative estimate of drug-likeness (QED) is 0.680. The lowest BCUT2D eigenvalue weighted by Crippen LogP contribution is -2.32. The molecular weight excluding hydrogens is 364 g/mol. The summed E-state index contributed by atoms with van der Waals surface area (Å²) in [6, 6.07) is 11.8. The van der Waals surface area contributed by atoms with Gasteiger partial charge in [-0.2, -0.15) is 5.26 Å². The van der Waals surface area contributed by atoms with Crippen LogP contribution in [0.25, 0.3) is 16.7 Å². The van der Waals surface area contributed by atoms with Crippen molar-refractivity contribution >= 4 is 40.4 Å². The van der Waals surface area contributed by atoms with Crippen molar-refractivity contribution in [3.8, 4) is 6.07 Å². The minimum atomic E-state index is -0.754. The molecule has 0 aliphatic rings. The van der Waals surface area contributed by atoms with Gasteiger partial charge in [-0.15, -0.1) is 0 Å². The van der Waals surface area contributed by atoms with Crippen LogP contribution < -0.4 is 5.32 Å². The summed E-state index contributed by atoms with van der Waals surface area (Å²) in [6.45, 7) is 3.84. The molecule has 0 aliphatic carbocycles. The van der Waals surface area contributed by atoms with Gasteiger partial charge in [0, 0.05) is 0 Å². The number of hydrogen-bond donors (Lipinski definition) is 1. The Labute approximate surface area is 160 Å². The van der Waals surface area contributed by atoms with Crippen LogP contribution in [0.2, 0.25) is 0 Å². The molecule has 0 unspecified atom stereocenters. The average Bonchev–Trinajstić information content (AvgIpc) is 3.05. The largest absolute Gasteiger partial charge is 0.450 e. The summed E-state index contributed by atoms with van der Waals surface area (Å²) in [5.74, 6) is -0.409. The SMILES string of the molecule is CCOC(=O)NC(=O)CSc1cc(CC)c(C#N)c2nc3ccccc3n12. The molecule has 2 heterocycles. The Morgan fingerprint density at radius 2 is 2.11 bits per heavy atom. The van der Waals surface area contributed by atoms with E-state index in [1.54, 1.807) is 6.92 Å². The molecule has 0 atom stereocenters. The number of hydrogen-bond acceptors (Lipinski definition) is 6. The average molecular weight is 382 g/mol. The van der Waals surface area contributed by atoms with Gasteiger partial charge in [-0.3, -0.25) is 14.5 Å². The summed E-state index contributed by atoms with van der Waals surface area (Å²) in [5.41, 5.74) is 3.62. The zero-order chi connectivity index (χ0) is 19.4. The Morgan fingerprint density at radius 1 is 1.33 bits per heavy atom. The van der Waals surface area contributed by atoms with Crippen LogP contribution >= 0.6 is 11.8 Å². The van der Waals surface area contributed by atoms with Crippen LogP contribution in [0.15, 0.2) is 35.4 Å². The summed E-state index contributed by atoms with van der Waals surface area (Å²) >= 11 is 1.28. The molecule has 1 aromatic carbocycles. The fraction of sp³-hybridized carbons (Fsp3) is 0.263. The molecule has 0 radical (unpaired) electrons. The van der Waals surface area contributed by atoms with Gasteiger partial charge in [0.2, 0.25) is 5.91 Å². The summed E-state index contributed by atoms with van der Waals surface area (Å²) in [4.78, 5) is 28.0. The van der Waals surface area contributed by atoms with Gasteiger partial charge in [0.05, 0.1) is 34.0 Å². The number of pyridine rings is 1. The third-order valence-corrected chi connectivity index (χ3v) is 4.99. The lowest BCUT2D eigenvalue weighted by atomic mass is 10.1. The van der Waals surface area contributed by atoms with E-state index >= 15 is 0 Å². The van der Waals surface area contributed by atoms with Crippen LogP contribution in [-0.4, -0.2) is 33.7 Å². The first kappa shape index (κ1) is 18.7. The first-order valence-electron chi connectivity index (χ1n) is 8.51. The molecule has 138 valence electrons. The van der Waals surface area contributed by atoms with Gasteiger partial charge in [-0.05, 0) is 37.1 Å². The molecule has 2 amide bonds. The number of carbonyl (C=O) groups excluding carboxylic acids is 2. The number of aryl methyl sites for hydroxylation is 1. The zero-order valence-corrected chi connectivity index (χ0v) is 15.8. The highest BCUT2D eigenvalue weighted by Gasteiger charge is 2.17. The molecule has 0 aliphatic heterocycles. The van der Waals surface area contributed by atoms with Crippen LogP contribution in [0.1, 0.15) is 25.0 Å². The summed E-state index contributed by atoms with van der Waals surface area (Å²) in [5, 5.41) is 12.6. The van der Waals surface area contributed by atoms with E-state index in [9.17, 15) is 14.9 Å². The molecule has 27 heavy (non-hydrogen) atoms. The Balaban J connectivity index is 2.00. The number of thioether (sulfide) groups is 1. The second kappa shape index (κ2) is 8.10. The topological polar surface area (TPSA) is 96.5 Å². The number of fused-ring (bicyclic) bond motifs is 3. The maximum absolute atomic E-state index is 12.0. The number of nitrogens with one attached hydrogen (secondary N) is 1. The van der Waals surface area contributed by atoms with Gasteiger partial charge in [0.25, 0.3) is 0 Å². The molecular formula is C19H18N4O3S. The van der Waals surface area contributed by atoms with Crippen LogP contribution in [-0.2, 0) is 16.0 Å². The molecule has 0 spiro atoms. The third kappa shape index (κ3) is 3.73. The predicted octanol–water partition coefficient (Wildman–Crippen LogP) is 3.29. The van der Waals surface area contributed by atoms with E-state index in [4.69, 9.17) is 4.74 Å². The van der Waals surface area contributed by atoms with Crippen molar-refractivity contribution in [1.29, 1.82) is 5.26 Å². The molecule has 0 saturated carbocycles. The Hall–Kier alpha value is -3.05. The van der Waals surface area contributed by atoms with E-state index in [1.165, 1.54) is 11.8 Å². The van der Waals surface area contributed by atoms with Crippen molar-refractivity contribution in [2.75, 3.05) is 12.4 Å². The van der Waals surface area contributed by atoms with E-state index in [0.717, 1.165) is 21.6 Å². The fourth-order valence-electron chi connectivity index (χ4n) is 2.81. The first-order valence-corrected chi connectivity index (χ1v) is 9.50. The number of para-hydroxylation sites is 2. The molecule has 1 N–H and O–H groups in total. The molecule has 3 rings (SSSR count). The van der Waals surface area contributed by atoms with Crippen molar-refractivity contribution in [2.24, 2.45) is 0 Å². The van der Waals surface area contributed by atoms with Gasteiger partial charge in [-0.25, -0.2) is 9.78 Å². The highest BCUT2D eigenvalue weighted by Crippen LogP contribution is 2.29.